The highest BCUT2D eigenvalue weighted by Crippen LogP contribution is 2.45. The van der Waals surface area contributed by atoms with Crippen LogP contribution < -0.4 is 20.7 Å². The third-order valence-electron chi connectivity index (χ3n) is 3.08. The van der Waals surface area contributed by atoms with Crippen molar-refractivity contribution in [2.24, 2.45) is 0 Å². The Morgan fingerprint density at radius 2 is 2.14 bits per heavy atom. The molecule has 0 saturated carbocycles. The van der Waals surface area contributed by atoms with E-state index in [2.05, 4.69) is 10.2 Å². The summed E-state index contributed by atoms with van der Waals surface area (Å²) < 4.78 is 11.2. The number of nitrogen functional groups attached to an aromatic ring is 1. The third-order valence-corrected chi connectivity index (χ3v) is 4.32. The molecule has 2 rings (SSSR count). The van der Waals surface area contributed by atoms with Gasteiger partial charge in [0.2, 0.25) is 0 Å². The number of anilines is 2. The molecule has 0 unspecified atom stereocenters. The van der Waals surface area contributed by atoms with Gasteiger partial charge in [0.1, 0.15) is 15.6 Å². The minimum absolute atomic E-state index is 0.00350. The number of carbonyl (C=O) groups is 1. The molecule has 1 fully saturated rings. The van der Waals surface area contributed by atoms with Crippen molar-refractivity contribution in [3.63, 3.8) is 0 Å². The third kappa shape index (κ3) is 3.59. The van der Waals surface area contributed by atoms with E-state index in [9.17, 15) is 4.79 Å². The Morgan fingerprint density at radius 3 is 2.71 bits per heavy atom. The Hall–Kier alpha value is -1.47. The van der Waals surface area contributed by atoms with Crippen LogP contribution in [0.1, 0.15) is 30.4 Å². The van der Waals surface area contributed by atoms with Crippen LogP contribution in [0.2, 0.25) is 0 Å². The number of ether oxygens (including phenoxy) is 2. The van der Waals surface area contributed by atoms with E-state index < -0.39 is 0 Å². The van der Waals surface area contributed by atoms with Gasteiger partial charge in [-0.25, -0.2) is 0 Å². The molecular weight excluding hydrogens is 290 g/mol. The molecule has 21 heavy (non-hydrogen) atoms. The molecule has 0 atom stereocenters. The Kier molecular flexibility index (Phi) is 5.30. The average Bonchev–Trinajstić information content (AvgIpc) is 2.77. The van der Waals surface area contributed by atoms with E-state index in [0.717, 1.165) is 18.1 Å². The molecule has 0 spiro atoms. The number of hydrogen-bond acceptors (Lipinski definition) is 6. The molecule has 0 radical (unpaired) electrons. The van der Waals surface area contributed by atoms with Gasteiger partial charge in [-0.15, -0.1) is 11.3 Å². The minimum atomic E-state index is -0.145. The van der Waals surface area contributed by atoms with Crippen LogP contribution in [0, 0.1) is 0 Å². The second kappa shape index (κ2) is 7.00. The zero-order valence-electron chi connectivity index (χ0n) is 12.8. The molecule has 6 nitrogen and oxygen atoms in total. The molecule has 2 heterocycles. The van der Waals surface area contributed by atoms with Crippen molar-refractivity contribution in [2.45, 2.75) is 26.9 Å². The second-order valence-electron chi connectivity index (χ2n) is 5.10. The fourth-order valence-corrected chi connectivity index (χ4v) is 3.27. The SMILES string of the molecule is CCNC(=O)c1sc(N2CCOCC2)c(OC(C)C)c1N. The predicted molar refractivity (Wildman–Crippen MR) is 85.5 cm³/mol. The van der Waals surface area contributed by atoms with Crippen molar-refractivity contribution in [1.29, 1.82) is 0 Å². The number of carbonyl (C=O) groups excluding carboxylic acids is 1. The lowest BCUT2D eigenvalue weighted by atomic mass is 10.3. The topological polar surface area (TPSA) is 76.8 Å². The van der Waals surface area contributed by atoms with Gasteiger partial charge in [0.05, 0.1) is 19.3 Å². The highest BCUT2D eigenvalue weighted by Gasteiger charge is 2.27. The van der Waals surface area contributed by atoms with Gasteiger partial charge in [-0.3, -0.25) is 4.79 Å². The first-order valence-corrected chi connectivity index (χ1v) is 8.06. The molecule has 1 aliphatic rings. The van der Waals surface area contributed by atoms with Gasteiger partial charge >= 0.3 is 0 Å². The molecule has 1 aromatic rings. The molecule has 0 aliphatic carbocycles. The van der Waals surface area contributed by atoms with Crippen molar-refractivity contribution in [3.8, 4) is 5.75 Å². The molecule has 0 aromatic carbocycles. The van der Waals surface area contributed by atoms with E-state index in [4.69, 9.17) is 15.2 Å². The average molecular weight is 313 g/mol. The Morgan fingerprint density at radius 1 is 1.48 bits per heavy atom. The van der Waals surface area contributed by atoms with E-state index in [0.29, 0.717) is 36.1 Å². The van der Waals surface area contributed by atoms with Gasteiger partial charge in [0.25, 0.3) is 5.91 Å². The largest absolute Gasteiger partial charge is 0.486 e. The fraction of sp³-hybridized carbons (Fsp3) is 0.643. The van der Waals surface area contributed by atoms with Crippen molar-refractivity contribution < 1.29 is 14.3 Å². The number of morpholine rings is 1. The van der Waals surface area contributed by atoms with Crippen LogP contribution in [0.25, 0.3) is 0 Å². The second-order valence-corrected chi connectivity index (χ2v) is 6.10. The van der Waals surface area contributed by atoms with E-state index in [1.807, 2.05) is 20.8 Å². The van der Waals surface area contributed by atoms with Crippen molar-refractivity contribution in [3.05, 3.63) is 4.88 Å². The summed E-state index contributed by atoms with van der Waals surface area (Å²) in [6.07, 6.45) is 0.00350. The smallest absolute Gasteiger partial charge is 0.263 e. The Labute approximate surface area is 129 Å². The lowest BCUT2D eigenvalue weighted by Gasteiger charge is -2.28. The van der Waals surface area contributed by atoms with Crippen LogP contribution in [-0.2, 0) is 4.74 Å². The molecule has 0 bridgehead atoms. The molecule has 1 amide bonds. The Bertz CT molecular complexity index is 496. The zero-order valence-corrected chi connectivity index (χ0v) is 13.6. The lowest BCUT2D eigenvalue weighted by Crippen LogP contribution is -2.36. The molecular formula is C14H23N3O3S. The maximum absolute atomic E-state index is 12.1. The number of amides is 1. The highest BCUT2D eigenvalue weighted by molar-refractivity contribution is 7.19. The van der Waals surface area contributed by atoms with Gasteiger partial charge in [-0.1, -0.05) is 0 Å². The molecule has 1 saturated heterocycles. The number of nitrogens with zero attached hydrogens (tertiary/aromatic N) is 1. The van der Waals surface area contributed by atoms with E-state index >= 15 is 0 Å². The molecule has 1 aromatic heterocycles. The quantitative estimate of drug-likeness (QED) is 0.865. The summed E-state index contributed by atoms with van der Waals surface area (Å²) in [7, 11) is 0. The van der Waals surface area contributed by atoms with Gasteiger partial charge in [0.15, 0.2) is 5.75 Å². The lowest BCUT2D eigenvalue weighted by molar-refractivity contribution is 0.0960. The molecule has 1 aliphatic heterocycles. The monoisotopic (exact) mass is 313 g/mol. The molecule has 118 valence electrons. The number of hydrogen-bond donors (Lipinski definition) is 2. The number of thiophene rings is 1. The summed E-state index contributed by atoms with van der Waals surface area (Å²) in [6, 6.07) is 0. The van der Waals surface area contributed by atoms with Gasteiger partial charge in [-0.05, 0) is 20.8 Å². The predicted octanol–water partition coefficient (Wildman–Crippen LogP) is 1.70. The van der Waals surface area contributed by atoms with Crippen LogP contribution in [0.5, 0.6) is 5.75 Å². The van der Waals surface area contributed by atoms with E-state index in [1.54, 1.807) is 0 Å². The first-order chi connectivity index (χ1) is 10.0. The van der Waals surface area contributed by atoms with Gasteiger partial charge in [0, 0.05) is 19.6 Å². The van der Waals surface area contributed by atoms with Crippen LogP contribution >= 0.6 is 11.3 Å². The van der Waals surface area contributed by atoms with Crippen LogP contribution in [-0.4, -0.2) is 44.9 Å². The number of nitrogens with one attached hydrogen (secondary N) is 1. The van der Waals surface area contributed by atoms with E-state index in [-0.39, 0.29) is 12.0 Å². The van der Waals surface area contributed by atoms with Gasteiger partial charge in [-0.2, -0.15) is 0 Å². The summed E-state index contributed by atoms with van der Waals surface area (Å²) in [4.78, 5) is 14.8. The van der Waals surface area contributed by atoms with Crippen molar-refractivity contribution in [2.75, 3.05) is 43.5 Å². The Balaban J connectivity index is 2.36. The maximum Gasteiger partial charge on any atom is 0.263 e. The summed E-state index contributed by atoms with van der Waals surface area (Å²) in [6.45, 7) is 9.27. The first kappa shape index (κ1) is 15.9. The molecule has 7 heteroatoms. The highest BCUT2D eigenvalue weighted by atomic mass is 32.1. The molecule has 3 N–H and O–H groups in total. The zero-order chi connectivity index (χ0) is 15.4. The minimum Gasteiger partial charge on any atom is -0.486 e. The van der Waals surface area contributed by atoms with Crippen LogP contribution in [0.15, 0.2) is 0 Å². The summed E-state index contributed by atoms with van der Waals surface area (Å²) in [5.74, 6) is 0.478. The summed E-state index contributed by atoms with van der Waals surface area (Å²) in [5.41, 5.74) is 6.59. The number of nitrogens with two attached hydrogens (primary N) is 1. The van der Waals surface area contributed by atoms with Crippen LogP contribution in [0.4, 0.5) is 10.7 Å². The fourth-order valence-electron chi connectivity index (χ4n) is 2.15. The summed E-state index contributed by atoms with van der Waals surface area (Å²) >= 11 is 1.39. The van der Waals surface area contributed by atoms with E-state index in [1.165, 1.54) is 11.3 Å². The normalized spacial score (nSPS) is 15.3. The van der Waals surface area contributed by atoms with Gasteiger partial charge < -0.3 is 25.4 Å². The van der Waals surface area contributed by atoms with Crippen LogP contribution in [0.3, 0.4) is 0 Å². The number of rotatable bonds is 5. The first-order valence-electron chi connectivity index (χ1n) is 7.24. The maximum atomic E-state index is 12.1. The van der Waals surface area contributed by atoms with Crippen molar-refractivity contribution >= 4 is 27.9 Å². The standard InChI is InChI=1S/C14H23N3O3S/c1-4-16-13(18)12-10(15)11(20-9(2)3)14(21-12)17-5-7-19-8-6-17/h9H,4-8,15H2,1-3H3,(H,16,18). The van der Waals surface area contributed by atoms with Crippen molar-refractivity contribution in [1.82, 2.24) is 5.32 Å². The summed E-state index contributed by atoms with van der Waals surface area (Å²) in [5, 5.41) is 3.71.